The van der Waals surface area contributed by atoms with Crippen molar-refractivity contribution in [2.24, 2.45) is 0 Å². The van der Waals surface area contributed by atoms with Gasteiger partial charge in [0.05, 0.1) is 19.1 Å². The van der Waals surface area contributed by atoms with Gasteiger partial charge in [0.25, 0.3) is 5.91 Å². The van der Waals surface area contributed by atoms with Crippen molar-refractivity contribution in [3.05, 3.63) is 65.2 Å². The van der Waals surface area contributed by atoms with Crippen LogP contribution >= 0.6 is 0 Å². The first kappa shape index (κ1) is 22.9. The van der Waals surface area contributed by atoms with Crippen LogP contribution in [-0.4, -0.2) is 35.9 Å². The highest BCUT2D eigenvalue weighted by molar-refractivity contribution is 6.01. The number of fused-ring (bicyclic) bond motifs is 1. The Bertz CT molecular complexity index is 1010. The van der Waals surface area contributed by atoms with Gasteiger partial charge in [-0.15, -0.1) is 0 Å². The van der Waals surface area contributed by atoms with Crippen LogP contribution in [0.3, 0.4) is 0 Å². The van der Waals surface area contributed by atoms with Crippen LogP contribution in [0.2, 0.25) is 0 Å². The monoisotopic (exact) mass is 460 g/mol. The highest BCUT2D eigenvalue weighted by atomic mass is 16.5. The Morgan fingerprint density at radius 1 is 0.882 bits per heavy atom. The quantitative estimate of drug-likeness (QED) is 0.617. The van der Waals surface area contributed by atoms with Crippen LogP contribution < -0.4 is 10.1 Å². The van der Waals surface area contributed by atoms with E-state index in [0.29, 0.717) is 5.56 Å². The molecule has 2 fully saturated rings. The summed E-state index contributed by atoms with van der Waals surface area (Å²) in [6.07, 6.45) is 11.1. The molecule has 5 heteroatoms. The Labute approximate surface area is 202 Å². The van der Waals surface area contributed by atoms with Crippen LogP contribution in [0.25, 0.3) is 0 Å². The highest BCUT2D eigenvalue weighted by Crippen LogP contribution is 2.46. The van der Waals surface area contributed by atoms with E-state index in [0.717, 1.165) is 55.4 Å². The summed E-state index contributed by atoms with van der Waals surface area (Å²) in [4.78, 5) is 30.0. The fourth-order valence-corrected chi connectivity index (χ4v) is 6.29. The van der Waals surface area contributed by atoms with Crippen molar-refractivity contribution in [1.29, 1.82) is 0 Å². The molecule has 0 radical (unpaired) electrons. The van der Waals surface area contributed by atoms with Crippen molar-refractivity contribution in [3.63, 3.8) is 0 Å². The van der Waals surface area contributed by atoms with Gasteiger partial charge in [-0.2, -0.15) is 0 Å². The van der Waals surface area contributed by atoms with Gasteiger partial charge in [-0.25, -0.2) is 0 Å². The van der Waals surface area contributed by atoms with Crippen molar-refractivity contribution in [2.75, 3.05) is 7.11 Å². The van der Waals surface area contributed by atoms with Gasteiger partial charge < -0.3 is 15.0 Å². The Kier molecular flexibility index (Phi) is 6.89. The number of nitrogens with zero attached hydrogens (tertiary/aromatic N) is 1. The Balaban J connectivity index is 1.59. The topological polar surface area (TPSA) is 58.6 Å². The van der Waals surface area contributed by atoms with E-state index in [4.69, 9.17) is 4.74 Å². The molecule has 2 atom stereocenters. The first-order valence-corrected chi connectivity index (χ1v) is 13.0. The number of benzene rings is 2. The third-order valence-corrected chi connectivity index (χ3v) is 8.04. The van der Waals surface area contributed by atoms with Crippen molar-refractivity contribution in [3.8, 4) is 5.75 Å². The fraction of sp³-hybridized carbons (Fsp3) is 0.517. The second-order valence-electron chi connectivity index (χ2n) is 10.1. The summed E-state index contributed by atoms with van der Waals surface area (Å²) in [6, 6.07) is 15.8. The van der Waals surface area contributed by atoms with Crippen molar-refractivity contribution >= 4 is 11.8 Å². The molecule has 2 amide bonds. The van der Waals surface area contributed by atoms with E-state index >= 15 is 0 Å². The number of hydrogen-bond donors (Lipinski definition) is 1. The molecule has 0 bridgehead atoms. The van der Waals surface area contributed by atoms with Gasteiger partial charge >= 0.3 is 0 Å². The molecule has 0 aromatic heterocycles. The molecule has 1 heterocycles. The van der Waals surface area contributed by atoms with Gasteiger partial charge in [0, 0.05) is 17.6 Å². The van der Waals surface area contributed by atoms with E-state index in [9.17, 15) is 9.59 Å². The standard InChI is InChI=1S/C29H36N2O3/c1-34-23-18-16-20(17-19-23)27-26(28(32)30-21-10-4-2-5-11-21)24-14-8-9-15-25(24)29(33)31(27)22-12-6-3-7-13-22/h8-9,14-19,21-22,26-27H,2-7,10-13H2,1H3,(H,30,32). The first-order valence-electron chi connectivity index (χ1n) is 13.0. The van der Waals surface area contributed by atoms with Crippen LogP contribution in [0.4, 0.5) is 0 Å². The number of nitrogens with one attached hydrogen (secondary N) is 1. The lowest BCUT2D eigenvalue weighted by Crippen LogP contribution is -2.53. The summed E-state index contributed by atoms with van der Waals surface area (Å²) in [5.74, 6) is 0.461. The molecule has 180 valence electrons. The van der Waals surface area contributed by atoms with Crippen LogP contribution in [-0.2, 0) is 4.79 Å². The third kappa shape index (κ3) is 4.45. The van der Waals surface area contributed by atoms with E-state index in [1.807, 2.05) is 48.5 Å². The van der Waals surface area contributed by atoms with Crippen molar-refractivity contribution in [1.82, 2.24) is 10.2 Å². The normalized spacial score (nSPS) is 23.9. The lowest BCUT2D eigenvalue weighted by atomic mass is 9.77. The minimum absolute atomic E-state index is 0.0495. The Hall–Kier alpha value is -2.82. The molecule has 34 heavy (non-hydrogen) atoms. The molecular formula is C29H36N2O3. The first-order chi connectivity index (χ1) is 16.7. The zero-order chi connectivity index (χ0) is 23.5. The highest BCUT2D eigenvalue weighted by Gasteiger charge is 2.46. The molecule has 2 unspecified atom stereocenters. The second kappa shape index (κ2) is 10.2. The van der Waals surface area contributed by atoms with Gasteiger partial charge in [0.1, 0.15) is 5.75 Å². The molecule has 5 rings (SSSR count). The lowest BCUT2D eigenvalue weighted by molar-refractivity contribution is -0.125. The zero-order valence-electron chi connectivity index (χ0n) is 20.2. The molecule has 2 saturated carbocycles. The molecule has 2 aromatic carbocycles. The number of carbonyl (C=O) groups is 2. The van der Waals surface area contributed by atoms with Gasteiger partial charge in [-0.05, 0) is 55.0 Å². The average Bonchev–Trinajstić information content (AvgIpc) is 2.89. The maximum atomic E-state index is 14.0. The zero-order valence-corrected chi connectivity index (χ0v) is 20.2. The van der Waals surface area contributed by atoms with Crippen LogP contribution in [0.5, 0.6) is 5.75 Å². The van der Waals surface area contributed by atoms with Gasteiger partial charge in [0.15, 0.2) is 0 Å². The van der Waals surface area contributed by atoms with Crippen LogP contribution in [0.15, 0.2) is 48.5 Å². The second-order valence-corrected chi connectivity index (χ2v) is 10.1. The summed E-state index contributed by atoms with van der Waals surface area (Å²) in [5, 5.41) is 3.39. The maximum Gasteiger partial charge on any atom is 0.254 e. The summed E-state index contributed by atoms with van der Waals surface area (Å²) in [7, 11) is 1.66. The number of hydrogen-bond acceptors (Lipinski definition) is 3. The Morgan fingerprint density at radius 2 is 1.53 bits per heavy atom. The smallest absolute Gasteiger partial charge is 0.254 e. The summed E-state index contributed by atoms with van der Waals surface area (Å²) in [5.41, 5.74) is 2.54. The largest absolute Gasteiger partial charge is 0.497 e. The predicted octanol–water partition coefficient (Wildman–Crippen LogP) is 5.76. The SMILES string of the molecule is COc1ccc(C2C(C(=O)NC3CCCCC3)c3ccccc3C(=O)N2C2CCCCC2)cc1. The summed E-state index contributed by atoms with van der Waals surface area (Å²) < 4.78 is 5.39. The minimum atomic E-state index is -0.425. The molecule has 0 saturated heterocycles. The number of rotatable bonds is 5. The predicted molar refractivity (Wildman–Crippen MR) is 133 cm³/mol. The van der Waals surface area contributed by atoms with Gasteiger partial charge in [-0.1, -0.05) is 68.9 Å². The molecular weight excluding hydrogens is 424 g/mol. The summed E-state index contributed by atoms with van der Waals surface area (Å²) >= 11 is 0. The molecule has 3 aliphatic rings. The van der Waals surface area contributed by atoms with E-state index in [1.54, 1.807) is 7.11 Å². The average molecular weight is 461 g/mol. The van der Waals surface area contributed by atoms with Gasteiger partial charge in [-0.3, -0.25) is 9.59 Å². The van der Waals surface area contributed by atoms with Crippen molar-refractivity contribution in [2.45, 2.75) is 88.3 Å². The van der Waals surface area contributed by atoms with E-state index in [-0.39, 0.29) is 29.9 Å². The molecule has 0 spiro atoms. The van der Waals surface area contributed by atoms with E-state index in [1.165, 1.54) is 25.7 Å². The number of methoxy groups -OCH3 is 1. The number of ether oxygens (including phenoxy) is 1. The maximum absolute atomic E-state index is 14.0. The molecule has 5 nitrogen and oxygen atoms in total. The lowest BCUT2D eigenvalue weighted by Gasteiger charge is -2.47. The molecule has 2 aromatic rings. The van der Waals surface area contributed by atoms with Gasteiger partial charge in [0.2, 0.25) is 5.91 Å². The fourth-order valence-electron chi connectivity index (χ4n) is 6.29. The van der Waals surface area contributed by atoms with Crippen LogP contribution in [0.1, 0.15) is 97.7 Å². The van der Waals surface area contributed by atoms with Crippen molar-refractivity contribution < 1.29 is 14.3 Å². The number of carbonyl (C=O) groups excluding carboxylic acids is 2. The number of amides is 2. The van der Waals surface area contributed by atoms with E-state index < -0.39 is 5.92 Å². The third-order valence-electron chi connectivity index (χ3n) is 8.04. The van der Waals surface area contributed by atoms with E-state index in [2.05, 4.69) is 10.2 Å². The molecule has 1 aliphatic heterocycles. The van der Waals surface area contributed by atoms with Crippen LogP contribution in [0, 0.1) is 0 Å². The Morgan fingerprint density at radius 3 is 2.21 bits per heavy atom. The molecule has 1 N–H and O–H groups in total. The summed E-state index contributed by atoms with van der Waals surface area (Å²) in [6.45, 7) is 0. The molecule has 2 aliphatic carbocycles. The minimum Gasteiger partial charge on any atom is -0.497 e.